The van der Waals surface area contributed by atoms with Crippen molar-refractivity contribution in [3.63, 3.8) is 0 Å². The summed E-state index contributed by atoms with van der Waals surface area (Å²) in [4.78, 5) is 17.1. The summed E-state index contributed by atoms with van der Waals surface area (Å²) in [6, 6.07) is 13.5. The van der Waals surface area contributed by atoms with Crippen LogP contribution >= 0.6 is 0 Å². The van der Waals surface area contributed by atoms with Gasteiger partial charge in [0.15, 0.2) is 17.5 Å². The molecule has 30 heavy (non-hydrogen) atoms. The van der Waals surface area contributed by atoms with Gasteiger partial charge in [-0.25, -0.2) is 15.0 Å². The molecule has 4 aromatic rings. The second-order valence-corrected chi connectivity index (χ2v) is 6.45. The summed E-state index contributed by atoms with van der Waals surface area (Å²) < 4.78 is 5.32. The third-order valence-corrected chi connectivity index (χ3v) is 4.28. The Kier molecular flexibility index (Phi) is 5.81. The van der Waals surface area contributed by atoms with Crippen molar-refractivity contribution in [2.24, 2.45) is 0 Å². The van der Waals surface area contributed by atoms with E-state index in [4.69, 9.17) is 15.6 Å². The van der Waals surface area contributed by atoms with Crippen molar-refractivity contribution < 1.29 is 9.84 Å². The molecule has 152 valence electrons. The average molecular weight is 403 g/mol. The van der Waals surface area contributed by atoms with E-state index in [1.54, 1.807) is 30.7 Å². The minimum absolute atomic E-state index is 0.0779. The Morgan fingerprint density at radius 3 is 2.87 bits per heavy atom. The molecule has 0 saturated heterocycles. The molecular weight excluding hydrogens is 382 g/mol. The molecule has 0 spiro atoms. The lowest BCUT2D eigenvalue weighted by Crippen LogP contribution is -2.08. The minimum atomic E-state index is -0.0779. The lowest BCUT2D eigenvalue weighted by Gasteiger charge is -2.12. The first-order valence-corrected chi connectivity index (χ1v) is 9.38. The van der Waals surface area contributed by atoms with E-state index in [0.29, 0.717) is 29.9 Å². The number of hydrogen-bond acceptors (Lipinski definition) is 9. The van der Waals surface area contributed by atoms with Crippen LogP contribution in [-0.4, -0.2) is 38.3 Å². The first kappa shape index (κ1) is 19.3. The van der Waals surface area contributed by atoms with Crippen molar-refractivity contribution in [1.29, 1.82) is 0 Å². The van der Waals surface area contributed by atoms with Gasteiger partial charge in [-0.1, -0.05) is 12.1 Å². The highest BCUT2D eigenvalue weighted by Gasteiger charge is 2.07. The Morgan fingerprint density at radius 2 is 1.97 bits per heavy atom. The number of nitrogens with zero attached hydrogens (tertiary/aromatic N) is 4. The molecule has 3 aromatic heterocycles. The fourth-order valence-corrected chi connectivity index (χ4v) is 2.87. The normalized spacial score (nSPS) is 10.7. The van der Waals surface area contributed by atoms with E-state index >= 15 is 0 Å². The molecule has 0 unspecified atom stereocenters. The van der Waals surface area contributed by atoms with Crippen LogP contribution in [0.25, 0.3) is 10.9 Å². The van der Waals surface area contributed by atoms with Crippen LogP contribution in [0, 0.1) is 0 Å². The number of aliphatic hydroxyl groups excluding tert-OH is 1. The van der Waals surface area contributed by atoms with E-state index in [9.17, 15) is 0 Å². The zero-order chi connectivity index (χ0) is 20.8. The fraction of sp³-hybridized carbons (Fsp3) is 0.143. The maximum absolute atomic E-state index is 8.86. The molecule has 0 aliphatic heterocycles. The zero-order valence-corrected chi connectivity index (χ0v) is 16.1. The third-order valence-electron chi connectivity index (χ3n) is 4.28. The molecule has 0 amide bonds. The molecule has 4 rings (SSSR count). The van der Waals surface area contributed by atoms with E-state index in [1.807, 2.05) is 24.3 Å². The molecule has 0 atom stereocenters. The van der Waals surface area contributed by atoms with Crippen molar-refractivity contribution in [3.05, 3.63) is 66.6 Å². The largest absolute Gasteiger partial charge is 0.475 e. The van der Waals surface area contributed by atoms with Crippen LogP contribution in [0.3, 0.4) is 0 Å². The maximum atomic E-state index is 8.86. The van der Waals surface area contributed by atoms with Crippen molar-refractivity contribution in [2.45, 2.75) is 6.54 Å². The van der Waals surface area contributed by atoms with E-state index in [2.05, 4.69) is 36.6 Å². The second-order valence-electron chi connectivity index (χ2n) is 6.45. The molecule has 9 heteroatoms. The van der Waals surface area contributed by atoms with Crippen LogP contribution in [0.5, 0.6) is 5.88 Å². The Labute approximate surface area is 173 Å². The molecule has 5 N–H and O–H groups in total. The van der Waals surface area contributed by atoms with E-state index < -0.39 is 0 Å². The average Bonchev–Trinajstić information content (AvgIpc) is 2.78. The lowest BCUT2D eigenvalue weighted by molar-refractivity contribution is 0.197. The Hall–Kier alpha value is -3.98. The van der Waals surface area contributed by atoms with Gasteiger partial charge in [-0.05, 0) is 29.8 Å². The summed E-state index contributed by atoms with van der Waals surface area (Å²) in [5.74, 6) is 1.72. The number of fused-ring (bicyclic) bond motifs is 1. The first-order valence-electron chi connectivity index (χ1n) is 9.38. The third kappa shape index (κ3) is 4.70. The number of nitrogens with one attached hydrogen (secondary N) is 2. The molecule has 9 nitrogen and oxygen atoms in total. The number of rotatable bonds is 8. The number of hydrogen-bond donors (Lipinski definition) is 4. The molecule has 0 saturated carbocycles. The maximum Gasteiger partial charge on any atom is 0.215 e. The topological polar surface area (TPSA) is 131 Å². The molecule has 0 bridgehead atoms. The van der Waals surface area contributed by atoms with Crippen LogP contribution in [0.2, 0.25) is 0 Å². The van der Waals surface area contributed by atoms with Gasteiger partial charge >= 0.3 is 0 Å². The highest BCUT2D eigenvalue weighted by molar-refractivity contribution is 5.79. The van der Waals surface area contributed by atoms with E-state index in [1.165, 1.54) is 0 Å². The Balaban J connectivity index is 1.46. The summed E-state index contributed by atoms with van der Waals surface area (Å²) in [6.45, 7) is 0.643. The van der Waals surface area contributed by atoms with Crippen LogP contribution in [0.4, 0.5) is 23.1 Å². The molecule has 0 radical (unpaired) electrons. The van der Waals surface area contributed by atoms with Gasteiger partial charge in [0.1, 0.15) is 6.61 Å². The van der Waals surface area contributed by atoms with Gasteiger partial charge in [0.25, 0.3) is 0 Å². The number of nitrogens with two attached hydrogens (primary N) is 1. The molecule has 1 aromatic carbocycles. The van der Waals surface area contributed by atoms with Gasteiger partial charge in [-0.15, -0.1) is 0 Å². The number of nitrogen functional groups attached to an aromatic ring is 1. The van der Waals surface area contributed by atoms with Crippen molar-refractivity contribution in [3.8, 4) is 5.88 Å². The number of anilines is 4. The summed E-state index contributed by atoms with van der Waals surface area (Å²) in [5, 5.41) is 16.3. The number of ether oxygens (including phenoxy) is 1. The van der Waals surface area contributed by atoms with Crippen LogP contribution < -0.4 is 21.1 Å². The monoisotopic (exact) mass is 403 g/mol. The second kappa shape index (κ2) is 9.01. The van der Waals surface area contributed by atoms with E-state index in [-0.39, 0.29) is 13.2 Å². The van der Waals surface area contributed by atoms with E-state index in [0.717, 1.165) is 22.2 Å². The summed E-state index contributed by atoms with van der Waals surface area (Å²) in [7, 11) is 0. The minimum Gasteiger partial charge on any atom is -0.475 e. The van der Waals surface area contributed by atoms with Gasteiger partial charge in [-0.3, -0.25) is 4.98 Å². The summed E-state index contributed by atoms with van der Waals surface area (Å²) >= 11 is 0. The quantitative estimate of drug-likeness (QED) is 0.351. The number of aromatic nitrogens is 4. The van der Waals surface area contributed by atoms with Crippen LogP contribution in [-0.2, 0) is 6.54 Å². The number of pyridine rings is 2. The highest BCUT2D eigenvalue weighted by Crippen LogP contribution is 2.22. The highest BCUT2D eigenvalue weighted by atomic mass is 16.5. The van der Waals surface area contributed by atoms with Gasteiger partial charge in [0.2, 0.25) is 5.88 Å². The predicted octanol–water partition coefficient (Wildman–Crippen LogP) is 2.73. The summed E-state index contributed by atoms with van der Waals surface area (Å²) in [6.07, 6.45) is 4.93. The van der Waals surface area contributed by atoms with Gasteiger partial charge in [0, 0.05) is 36.1 Å². The van der Waals surface area contributed by atoms with Gasteiger partial charge in [0.05, 0.1) is 18.3 Å². The van der Waals surface area contributed by atoms with Gasteiger partial charge < -0.3 is 26.2 Å². The number of aliphatic hydroxyl groups is 1. The van der Waals surface area contributed by atoms with Crippen LogP contribution in [0.15, 0.2) is 61.1 Å². The number of benzene rings is 1. The lowest BCUT2D eigenvalue weighted by atomic mass is 10.1. The van der Waals surface area contributed by atoms with Crippen molar-refractivity contribution in [1.82, 2.24) is 19.9 Å². The zero-order valence-electron chi connectivity index (χ0n) is 16.1. The molecule has 3 heterocycles. The van der Waals surface area contributed by atoms with Crippen LogP contribution in [0.1, 0.15) is 5.56 Å². The van der Waals surface area contributed by atoms with Crippen molar-refractivity contribution >= 4 is 34.0 Å². The fourth-order valence-electron chi connectivity index (χ4n) is 2.87. The predicted molar refractivity (Wildman–Crippen MR) is 116 cm³/mol. The Morgan fingerprint density at radius 1 is 1.03 bits per heavy atom. The van der Waals surface area contributed by atoms with Crippen molar-refractivity contribution in [2.75, 3.05) is 29.6 Å². The summed E-state index contributed by atoms with van der Waals surface area (Å²) in [5.41, 5.74) is 8.74. The SMILES string of the molecule is Nc1ncc(Nc2ccnc(OCCO)c2)nc1NCc1ccc2ncccc2c1. The molecule has 0 aliphatic carbocycles. The first-order chi connectivity index (χ1) is 14.7. The molecule has 0 fully saturated rings. The molecule has 0 aliphatic rings. The Bertz CT molecular complexity index is 1150. The smallest absolute Gasteiger partial charge is 0.215 e. The molecular formula is C21H21N7O2. The standard InChI is InChI=1S/C21H21N7O2/c22-20-21(26-12-14-3-4-17-15(10-14)2-1-6-23-17)28-18(13-25-20)27-16-5-7-24-19(11-16)30-9-8-29/h1-7,10-11,13,29H,8-9,12H2,(H2,22,25)(H2,24,26,27,28). The van der Waals surface area contributed by atoms with Gasteiger partial charge in [-0.2, -0.15) is 0 Å².